The number of carbonyl (C=O) groups excluding carboxylic acids is 2. The highest BCUT2D eigenvalue weighted by molar-refractivity contribution is 5.83. The van der Waals surface area contributed by atoms with Crippen molar-refractivity contribution >= 4 is 11.9 Å². The number of carbonyl (C=O) groups is 2. The zero-order valence-electron chi connectivity index (χ0n) is 13.4. The molecule has 2 N–H and O–H groups in total. The third kappa shape index (κ3) is 4.84. The van der Waals surface area contributed by atoms with E-state index in [1.165, 1.54) is 0 Å². The Hall–Kier alpha value is -1.06. The van der Waals surface area contributed by atoms with E-state index >= 15 is 0 Å². The van der Waals surface area contributed by atoms with Crippen molar-refractivity contribution in [2.24, 2.45) is 16.6 Å². The zero-order chi connectivity index (χ0) is 15.5. The molecule has 1 amide bonds. The molecule has 0 aromatic heterocycles. The summed E-state index contributed by atoms with van der Waals surface area (Å²) < 4.78 is 5.47. The second-order valence-corrected chi connectivity index (χ2v) is 6.87. The standard InChI is InChI=1S/C15H29NO3/c1-8-14(6,11(16)17)10-15(7,9-2)12(18)19-13(3,4)5/h8-10H2,1-7H3,(H2,16,17). The molecule has 0 aromatic rings. The van der Waals surface area contributed by atoms with Crippen molar-refractivity contribution in [1.29, 1.82) is 0 Å². The van der Waals surface area contributed by atoms with Crippen LogP contribution in [0.4, 0.5) is 0 Å². The van der Waals surface area contributed by atoms with E-state index in [1.807, 2.05) is 48.5 Å². The second kappa shape index (κ2) is 5.93. The first kappa shape index (κ1) is 17.9. The molecule has 0 bridgehead atoms. The SMILES string of the molecule is CCC(C)(CC(C)(CC)C(=O)OC(C)(C)C)C(N)=O. The molecule has 112 valence electrons. The van der Waals surface area contributed by atoms with Gasteiger partial charge in [-0.1, -0.05) is 20.8 Å². The normalized spacial score (nSPS) is 18.3. The van der Waals surface area contributed by atoms with Crippen molar-refractivity contribution in [1.82, 2.24) is 0 Å². The molecule has 19 heavy (non-hydrogen) atoms. The highest BCUT2D eigenvalue weighted by Crippen LogP contribution is 2.40. The monoisotopic (exact) mass is 271 g/mol. The molecule has 0 aliphatic heterocycles. The number of hydrogen-bond acceptors (Lipinski definition) is 3. The van der Waals surface area contributed by atoms with Gasteiger partial charge in [-0.05, 0) is 47.0 Å². The molecular formula is C15H29NO3. The summed E-state index contributed by atoms with van der Waals surface area (Å²) in [6, 6.07) is 0. The van der Waals surface area contributed by atoms with Gasteiger partial charge < -0.3 is 10.5 Å². The van der Waals surface area contributed by atoms with E-state index in [1.54, 1.807) is 0 Å². The maximum absolute atomic E-state index is 12.4. The first-order valence-electron chi connectivity index (χ1n) is 6.93. The third-order valence-corrected chi connectivity index (χ3v) is 3.83. The first-order valence-corrected chi connectivity index (χ1v) is 6.93. The maximum Gasteiger partial charge on any atom is 0.312 e. The van der Waals surface area contributed by atoms with E-state index in [0.29, 0.717) is 19.3 Å². The highest BCUT2D eigenvalue weighted by atomic mass is 16.6. The van der Waals surface area contributed by atoms with Gasteiger partial charge in [0.25, 0.3) is 0 Å². The zero-order valence-corrected chi connectivity index (χ0v) is 13.4. The second-order valence-electron chi connectivity index (χ2n) is 6.87. The van der Waals surface area contributed by atoms with E-state index < -0.39 is 16.4 Å². The lowest BCUT2D eigenvalue weighted by molar-refractivity contribution is -0.169. The minimum absolute atomic E-state index is 0.261. The quantitative estimate of drug-likeness (QED) is 0.755. The van der Waals surface area contributed by atoms with Crippen LogP contribution in [0.3, 0.4) is 0 Å². The molecule has 4 heteroatoms. The Kier molecular flexibility index (Phi) is 5.60. The Balaban J connectivity index is 5.17. The fourth-order valence-corrected chi connectivity index (χ4v) is 1.99. The van der Waals surface area contributed by atoms with Crippen molar-refractivity contribution < 1.29 is 14.3 Å². The van der Waals surface area contributed by atoms with Crippen molar-refractivity contribution in [2.45, 2.75) is 73.3 Å². The van der Waals surface area contributed by atoms with Crippen LogP contribution in [0.1, 0.15) is 67.7 Å². The van der Waals surface area contributed by atoms with Gasteiger partial charge in [-0.25, -0.2) is 0 Å². The summed E-state index contributed by atoms with van der Waals surface area (Å²) in [5.74, 6) is -0.623. The fraction of sp³-hybridized carbons (Fsp3) is 0.867. The van der Waals surface area contributed by atoms with Crippen LogP contribution in [-0.2, 0) is 14.3 Å². The van der Waals surface area contributed by atoms with Crippen molar-refractivity contribution in [3.8, 4) is 0 Å². The van der Waals surface area contributed by atoms with Crippen LogP contribution >= 0.6 is 0 Å². The Labute approximate surface area is 117 Å². The number of hydrogen-bond donors (Lipinski definition) is 1. The summed E-state index contributed by atoms with van der Waals surface area (Å²) in [6.45, 7) is 13.0. The first-order chi connectivity index (χ1) is 8.40. The van der Waals surface area contributed by atoms with E-state index in [2.05, 4.69) is 0 Å². The summed E-state index contributed by atoms with van der Waals surface area (Å²) in [4.78, 5) is 24.0. The summed E-state index contributed by atoms with van der Waals surface area (Å²) in [5.41, 5.74) is 3.59. The predicted molar refractivity (Wildman–Crippen MR) is 76.5 cm³/mol. The van der Waals surface area contributed by atoms with E-state index in [9.17, 15) is 9.59 Å². The molecule has 0 rings (SSSR count). The number of primary amides is 1. The summed E-state index contributed by atoms with van der Waals surface area (Å²) in [7, 11) is 0. The Morgan fingerprint density at radius 1 is 0.947 bits per heavy atom. The molecule has 0 spiro atoms. The lowest BCUT2D eigenvalue weighted by atomic mass is 9.69. The van der Waals surface area contributed by atoms with Crippen molar-refractivity contribution in [3.63, 3.8) is 0 Å². The van der Waals surface area contributed by atoms with Crippen LogP contribution < -0.4 is 5.73 Å². The van der Waals surface area contributed by atoms with Crippen molar-refractivity contribution in [3.05, 3.63) is 0 Å². The molecule has 0 aliphatic rings. The highest BCUT2D eigenvalue weighted by Gasteiger charge is 2.43. The smallest absolute Gasteiger partial charge is 0.312 e. The lowest BCUT2D eigenvalue weighted by Crippen LogP contribution is -2.43. The Morgan fingerprint density at radius 2 is 1.37 bits per heavy atom. The number of ether oxygens (including phenoxy) is 1. The minimum Gasteiger partial charge on any atom is -0.460 e. The molecule has 0 radical (unpaired) electrons. The molecule has 0 aliphatic carbocycles. The molecule has 4 nitrogen and oxygen atoms in total. The van der Waals surface area contributed by atoms with Crippen LogP contribution in [-0.4, -0.2) is 17.5 Å². The van der Waals surface area contributed by atoms with Crippen LogP contribution in [0.5, 0.6) is 0 Å². The lowest BCUT2D eigenvalue weighted by Gasteiger charge is -2.36. The number of nitrogens with two attached hydrogens (primary N) is 1. The van der Waals surface area contributed by atoms with E-state index in [-0.39, 0.29) is 11.9 Å². The van der Waals surface area contributed by atoms with Gasteiger partial charge in [0.05, 0.1) is 5.41 Å². The Bertz CT molecular complexity index is 346. The number of esters is 1. The minimum atomic E-state index is -0.687. The molecule has 0 saturated heterocycles. The predicted octanol–water partition coefficient (Wildman–Crippen LogP) is 3.04. The summed E-state index contributed by atoms with van der Waals surface area (Å²) in [6.07, 6.45) is 1.64. The van der Waals surface area contributed by atoms with Gasteiger partial charge in [-0.2, -0.15) is 0 Å². The fourth-order valence-electron chi connectivity index (χ4n) is 1.99. The summed E-state index contributed by atoms with van der Waals surface area (Å²) >= 11 is 0. The number of rotatable bonds is 6. The van der Waals surface area contributed by atoms with Crippen LogP contribution in [0.2, 0.25) is 0 Å². The Morgan fingerprint density at radius 3 is 1.63 bits per heavy atom. The van der Waals surface area contributed by atoms with Gasteiger partial charge in [0.1, 0.15) is 5.60 Å². The van der Waals surface area contributed by atoms with Gasteiger partial charge >= 0.3 is 5.97 Å². The van der Waals surface area contributed by atoms with Gasteiger partial charge in [-0.15, -0.1) is 0 Å². The largest absolute Gasteiger partial charge is 0.460 e. The molecule has 0 heterocycles. The van der Waals surface area contributed by atoms with Crippen LogP contribution in [0.15, 0.2) is 0 Å². The average Bonchev–Trinajstić information content (AvgIpc) is 2.26. The molecular weight excluding hydrogens is 242 g/mol. The third-order valence-electron chi connectivity index (χ3n) is 3.83. The average molecular weight is 271 g/mol. The van der Waals surface area contributed by atoms with Gasteiger partial charge in [0, 0.05) is 5.41 Å². The molecule has 2 unspecified atom stereocenters. The molecule has 0 fully saturated rings. The van der Waals surface area contributed by atoms with Crippen molar-refractivity contribution in [2.75, 3.05) is 0 Å². The molecule has 0 aromatic carbocycles. The maximum atomic E-state index is 12.4. The van der Waals surface area contributed by atoms with Gasteiger partial charge in [-0.3, -0.25) is 9.59 Å². The van der Waals surface area contributed by atoms with E-state index in [0.717, 1.165) is 0 Å². The van der Waals surface area contributed by atoms with E-state index in [4.69, 9.17) is 10.5 Å². The molecule has 2 atom stereocenters. The molecule has 0 saturated carbocycles. The van der Waals surface area contributed by atoms with Gasteiger partial charge in [0.15, 0.2) is 0 Å². The topological polar surface area (TPSA) is 69.4 Å². The van der Waals surface area contributed by atoms with Crippen LogP contribution in [0, 0.1) is 10.8 Å². The summed E-state index contributed by atoms with van der Waals surface area (Å²) in [5, 5.41) is 0. The van der Waals surface area contributed by atoms with Gasteiger partial charge in [0.2, 0.25) is 5.91 Å². The number of amides is 1. The van der Waals surface area contributed by atoms with Crippen LogP contribution in [0.25, 0.3) is 0 Å².